The van der Waals surface area contributed by atoms with Crippen molar-refractivity contribution >= 4 is 16.5 Å². The van der Waals surface area contributed by atoms with E-state index in [1.165, 1.54) is 41.4 Å². The summed E-state index contributed by atoms with van der Waals surface area (Å²) in [6.45, 7) is 11.3. The highest BCUT2D eigenvalue weighted by Gasteiger charge is 2.34. The van der Waals surface area contributed by atoms with Gasteiger partial charge in [-0.25, -0.2) is 4.98 Å². The van der Waals surface area contributed by atoms with Gasteiger partial charge in [0.15, 0.2) is 5.13 Å². The largest absolute Gasteiger partial charge is 0.351 e. The molecule has 21 heavy (non-hydrogen) atoms. The molecular formula is C17H31N3S. The van der Waals surface area contributed by atoms with Crippen molar-refractivity contribution in [3.05, 3.63) is 10.6 Å². The zero-order valence-electron chi connectivity index (χ0n) is 14.3. The van der Waals surface area contributed by atoms with Crippen molar-refractivity contribution in [3.63, 3.8) is 0 Å². The minimum absolute atomic E-state index is 0.353. The summed E-state index contributed by atoms with van der Waals surface area (Å²) < 4.78 is 0. The van der Waals surface area contributed by atoms with E-state index in [1.807, 2.05) is 11.3 Å². The van der Waals surface area contributed by atoms with Crippen LogP contribution in [0.25, 0.3) is 0 Å². The van der Waals surface area contributed by atoms with E-state index in [2.05, 4.69) is 45.0 Å². The Morgan fingerprint density at radius 1 is 1.33 bits per heavy atom. The Hall–Kier alpha value is -0.610. The molecule has 0 aromatic carbocycles. The van der Waals surface area contributed by atoms with Gasteiger partial charge in [-0.05, 0) is 31.2 Å². The van der Waals surface area contributed by atoms with Crippen LogP contribution < -0.4 is 10.2 Å². The Bertz CT molecular complexity index is 453. The molecule has 0 amide bonds. The average Bonchev–Trinajstić information content (AvgIpc) is 2.81. The molecule has 1 heterocycles. The molecule has 1 aliphatic rings. The lowest BCUT2D eigenvalue weighted by molar-refractivity contribution is 0.260. The topological polar surface area (TPSA) is 28.2 Å². The molecule has 1 N–H and O–H groups in total. The molecule has 1 aliphatic carbocycles. The van der Waals surface area contributed by atoms with Gasteiger partial charge in [0.05, 0.1) is 5.69 Å². The van der Waals surface area contributed by atoms with Crippen LogP contribution in [0.4, 0.5) is 5.13 Å². The number of thiazole rings is 1. The van der Waals surface area contributed by atoms with E-state index in [9.17, 15) is 0 Å². The number of unbranched alkanes of at least 4 members (excludes halogenated alkanes) is 2. The quantitative estimate of drug-likeness (QED) is 0.757. The average molecular weight is 310 g/mol. The van der Waals surface area contributed by atoms with Crippen LogP contribution in [0.5, 0.6) is 0 Å². The summed E-state index contributed by atoms with van der Waals surface area (Å²) in [6.07, 6.45) is 6.18. The van der Waals surface area contributed by atoms with Gasteiger partial charge in [0.25, 0.3) is 0 Å². The first-order valence-corrected chi connectivity index (χ1v) is 9.22. The molecule has 0 aliphatic heterocycles. The Morgan fingerprint density at radius 2 is 2.10 bits per heavy atom. The maximum absolute atomic E-state index is 4.96. The highest BCUT2D eigenvalue weighted by Crippen LogP contribution is 2.44. The van der Waals surface area contributed by atoms with Gasteiger partial charge in [0.1, 0.15) is 0 Å². The van der Waals surface area contributed by atoms with Crippen molar-refractivity contribution in [3.8, 4) is 0 Å². The summed E-state index contributed by atoms with van der Waals surface area (Å²) in [5.41, 5.74) is 1.69. The first-order valence-electron chi connectivity index (χ1n) is 8.41. The monoisotopic (exact) mass is 309 g/mol. The number of hydrogen-bond acceptors (Lipinski definition) is 4. The lowest BCUT2D eigenvalue weighted by atomic mass is 9.76. The summed E-state index contributed by atoms with van der Waals surface area (Å²) in [6, 6.07) is 0.490. The molecule has 1 aromatic heterocycles. The molecule has 1 aromatic rings. The summed E-state index contributed by atoms with van der Waals surface area (Å²) in [5.74, 6) is 0. The zero-order chi connectivity index (χ0) is 15.5. The second-order valence-corrected chi connectivity index (χ2v) is 8.10. The van der Waals surface area contributed by atoms with Crippen LogP contribution >= 0.6 is 11.3 Å². The fourth-order valence-corrected chi connectivity index (χ4v) is 4.33. The van der Waals surface area contributed by atoms with Gasteiger partial charge < -0.3 is 10.2 Å². The molecule has 0 radical (unpaired) electrons. The molecule has 1 atom stereocenters. The third-order valence-electron chi connectivity index (χ3n) is 4.31. The van der Waals surface area contributed by atoms with Crippen molar-refractivity contribution < 1.29 is 0 Å². The Morgan fingerprint density at radius 3 is 2.76 bits per heavy atom. The number of fused-ring (bicyclic) bond motifs is 1. The number of nitrogens with zero attached hydrogens (tertiary/aromatic N) is 2. The highest BCUT2D eigenvalue weighted by atomic mass is 32.1. The molecule has 0 fully saturated rings. The van der Waals surface area contributed by atoms with Crippen LogP contribution in [-0.4, -0.2) is 25.1 Å². The van der Waals surface area contributed by atoms with E-state index in [1.54, 1.807) is 0 Å². The molecular weight excluding hydrogens is 278 g/mol. The van der Waals surface area contributed by atoms with Crippen molar-refractivity contribution in [2.75, 3.05) is 25.0 Å². The summed E-state index contributed by atoms with van der Waals surface area (Å²) >= 11 is 1.90. The van der Waals surface area contributed by atoms with E-state index in [0.29, 0.717) is 11.5 Å². The maximum Gasteiger partial charge on any atom is 0.185 e. The normalized spacial score (nSPS) is 20.3. The van der Waals surface area contributed by atoms with Gasteiger partial charge >= 0.3 is 0 Å². The molecule has 4 heteroatoms. The molecule has 0 bridgehead atoms. The minimum Gasteiger partial charge on any atom is -0.351 e. The predicted molar refractivity (Wildman–Crippen MR) is 93.4 cm³/mol. The van der Waals surface area contributed by atoms with Crippen molar-refractivity contribution in [2.24, 2.45) is 5.41 Å². The smallest absolute Gasteiger partial charge is 0.185 e. The molecule has 120 valence electrons. The third-order valence-corrected chi connectivity index (χ3v) is 5.64. The van der Waals surface area contributed by atoms with Crippen LogP contribution in [0.3, 0.4) is 0 Å². The molecule has 1 unspecified atom stereocenters. The van der Waals surface area contributed by atoms with E-state index < -0.39 is 0 Å². The van der Waals surface area contributed by atoms with Gasteiger partial charge in [-0.15, -0.1) is 0 Å². The molecule has 3 nitrogen and oxygen atoms in total. The Labute approximate surface area is 134 Å². The molecule has 0 spiro atoms. The van der Waals surface area contributed by atoms with E-state index in [-0.39, 0.29) is 0 Å². The van der Waals surface area contributed by atoms with E-state index in [0.717, 1.165) is 19.5 Å². The lowest BCUT2D eigenvalue weighted by Gasteiger charge is -2.34. The molecule has 0 saturated heterocycles. The second kappa shape index (κ2) is 7.10. The Kier molecular flexibility index (Phi) is 5.67. The second-order valence-electron chi connectivity index (χ2n) is 7.09. The summed E-state index contributed by atoms with van der Waals surface area (Å²) in [7, 11) is 2.19. The number of rotatable bonds is 7. The summed E-state index contributed by atoms with van der Waals surface area (Å²) in [4.78, 5) is 8.78. The molecule has 0 saturated carbocycles. The SMILES string of the molecule is CCCCCN(C)c1nc2c(s1)C(NCC)CC(C)(C)C2. The van der Waals surface area contributed by atoms with E-state index >= 15 is 0 Å². The van der Waals surface area contributed by atoms with Gasteiger partial charge in [0.2, 0.25) is 0 Å². The fourth-order valence-electron chi connectivity index (χ4n) is 3.19. The highest BCUT2D eigenvalue weighted by molar-refractivity contribution is 7.15. The van der Waals surface area contributed by atoms with Gasteiger partial charge in [-0.1, -0.05) is 51.9 Å². The van der Waals surface area contributed by atoms with E-state index in [4.69, 9.17) is 4.98 Å². The minimum atomic E-state index is 0.353. The number of anilines is 1. The number of nitrogens with one attached hydrogen (secondary N) is 1. The predicted octanol–water partition coefficient (Wildman–Crippen LogP) is 4.39. The van der Waals surface area contributed by atoms with Crippen LogP contribution in [0, 0.1) is 5.41 Å². The van der Waals surface area contributed by atoms with Crippen LogP contribution in [0.15, 0.2) is 0 Å². The Balaban J connectivity index is 2.14. The molecule has 2 rings (SSSR count). The van der Waals surface area contributed by atoms with Gasteiger partial charge in [-0.2, -0.15) is 0 Å². The fraction of sp³-hybridized carbons (Fsp3) is 0.824. The van der Waals surface area contributed by atoms with Crippen molar-refractivity contribution in [1.82, 2.24) is 10.3 Å². The third kappa shape index (κ3) is 4.19. The van der Waals surface area contributed by atoms with Crippen molar-refractivity contribution in [1.29, 1.82) is 0 Å². The van der Waals surface area contributed by atoms with Gasteiger partial charge in [0, 0.05) is 24.5 Å². The zero-order valence-corrected chi connectivity index (χ0v) is 15.1. The van der Waals surface area contributed by atoms with Gasteiger partial charge in [-0.3, -0.25) is 0 Å². The summed E-state index contributed by atoms with van der Waals surface area (Å²) in [5, 5.41) is 4.86. The maximum atomic E-state index is 4.96. The van der Waals surface area contributed by atoms with Crippen LogP contribution in [0.1, 0.15) is 70.0 Å². The van der Waals surface area contributed by atoms with Crippen LogP contribution in [-0.2, 0) is 6.42 Å². The standard InChI is InChI=1S/C17H31N3S/c1-6-8-9-10-20(5)16-19-14-12-17(3,4)11-13(18-7-2)15(14)21-16/h13,18H,6-12H2,1-5H3. The first kappa shape index (κ1) is 16.8. The number of aromatic nitrogens is 1. The van der Waals surface area contributed by atoms with Crippen LogP contribution in [0.2, 0.25) is 0 Å². The lowest BCUT2D eigenvalue weighted by Crippen LogP contribution is -2.32. The van der Waals surface area contributed by atoms with Crippen molar-refractivity contribution in [2.45, 2.75) is 65.8 Å². The first-order chi connectivity index (χ1) is 9.96. The number of hydrogen-bond donors (Lipinski definition) is 1.